The first kappa shape index (κ1) is 22.4. The summed E-state index contributed by atoms with van der Waals surface area (Å²) >= 11 is 0. The van der Waals surface area contributed by atoms with Gasteiger partial charge in [-0.3, -0.25) is 0 Å². The highest BCUT2D eigenvalue weighted by molar-refractivity contribution is 6.04. The van der Waals surface area contributed by atoms with E-state index in [4.69, 9.17) is 6.42 Å². The van der Waals surface area contributed by atoms with Crippen LogP contribution in [0.4, 0.5) is 5.69 Å². The summed E-state index contributed by atoms with van der Waals surface area (Å²) in [5.74, 6) is 2.72. The molecule has 1 aliphatic carbocycles. The lowest BCUT2D eigenvalue weighted by molar-refractivity contribution is -0.519. The predicted octanol–water partition coefficient (Wildman–Crippen LogP) is 5.94. The van der Waals surface area contributed by atoms with Crippen LogP contribution in [-0.4, -0.2) is 36.5 Å². The fourth-order valence-electron chi connectivity index (χ4n) is 4.09. The Morgan fingerprint density at radius 1 is 0.774 bits per heavy atom. The molecule has 158 valence electrons. The molecular weight excluding hydrogens is 376 g/mol. The summed E-state index contributed by atoms with van der Waals surface area (Å²) < 4.78 is 2.37. The van der Waals surface area contributed by atoms with Crippen LogP contribution >= 0.6 is 0 Å². The molecule has 2 aromatic carbocycles. The zero-order valence-electron chi connectivity index (χ0n) is 19.2. The van der Waals surface area contributed by atoms with Crippen molar-refractivity contribution in [3.63, 3.8) is 0 Å². The van der Waals surface area contributed by atoms with Crippen LogP contribution < -0.4 is 4.90 Å². The van der Waals surface area contributed by atoms with Gasteiger partial charge in [-0.1, -0.05) is 30.2 Å². The van der Waals surface area contributed by atoms with Crippen molar-refractivity contribution in [3.05, 3.63) is 95.1 Å². The van der Waals surface area contributed by atoms with Crippen LogP contribution in [0.1, 0.15) is 44.4 Å². The molecule has 0 heterocycles. The molecule has 0 aromatic heterocycles. The van der Waals surface area contributed by atoms with Crippen molar-refractivity contribution in [3.8, 4) is 12.3 Å². The third-order valence-corrected chi connectivity index (χ3v) is 5.91. The van der Waals surface area contributed by atoms with Gasteiger partial charge in [0.2, 0.25) is 0 Å². The van der Waals surface area contributed by atoms with Crippen LogP contribution in [0.2, 0.25) is 0 Å². The predicted molar refractivity (Wildman–Crippen MR) is 135 cm³/mol. The van der Waals surface area contributed by atoms with E-state index < -0.39 is 0 Å². The lowest BCUT2D eigenvalue weighted by Gasteiger charge is -2.22. The van der Waals surface area contributed by atoms with Gasteiger partial charge in [0.15, 0.2) is 5.71 Å². The molecular formula is C29H33N2+. The quantitative estimate of drug-likeness (QED) is 0.405. The highest BCUT2D eigenvalue weighted by Crippen LogP contribution is 2.31. The zero-order chi connectivity index (χ0) is 22.2. The summed E-state index contributed by atoms with van der Waals surface area (Å²) in [7, 11) is 0. The largest absolute Gasteiger partial charge is 0.372 e. The van der Waals surface area contributed by atoms with Crippen molar-refractivity contribution in [1.82, 2.24) is 0 Å². The van der Waals surface area contributed by atoms with Crippen LogP contribution in [0.3, 0.4) is 0 Å². The minimum Gasteiger partial charge on any atom is -0.372 e. The van der Waals surface area contributed by atoms with E-state index in [-0.39, 0.29) is 0 Å². The molecule has 1 aliphatic rings. The van der Waals surface area contributed by atoms with E-state index in [2.05, 4.69) is 104 Å². The van der Waals surface area contributed by atoms with Gasteiger partial charge in [-0.2, -0.15) is 0 Å². The first-order valence-corrected chi connectivity index (χ1v) is 11.3. The minimum absolute atomic E-state index is 0.900. The minimum atomic E-state index is 0.900. The molecule has 2 nitrogen and oxygen atoms in total. The molecule has 0 saturated heterocycles. The maximum absolute atomic E-state index is 5.57. The molecule has 2 aromatic rings. The third kappa shape index (κ3) is 5.06. The van der Waals surface area contributed by atoms with E-state index in [0.717, 1.165) is 31.7 Å². The van der Waals surface area contributed by atoms with Crippen LogP contribution in [0.15, 0.2) is 78.4 Å². The van der Waals surface area contributed by atoms with Crippen molar-refractivity contribution in [2.75, 3.05) is 31.1 Å². The van der Waals surface area contributed by atoms with Crippen LogP contribution in [0.25, 0.3) is 5.57 Å². The molecule has 0 saturated carbocycles. The summed E-state index contributed by atoms with van der Waals surface area (Å²) in [5, 5.41) is 0. The fourth-order valence-corrected chi connectivity index (χ4v) is 4.09. The summed E-state index contributed by atoms with van der Waals surface area (Å²) in [6, 6.07) is 17.2. The number of allylic oxidation sites excluding steroid dienone is 5. The van der Waals surface area contributed by atoms with E-state index in [1.807, 2.05) is 12.1 Å². The van der Waals surface area contributed by atoms with Crippen molar-refractivity contribution in [2.24, 2.45) is 0 Å². The number of hydrogen-bond donors (Lipinski definition) is 0. The van der Waals surface area contributed by atoms with E-state index in [1.165, 1.54) is 33.7 Å². The van der Waals surface area contributed by atoms with E-state index in [1.54, 1.807) is 0 Å². The highest BCUT2D eigenvalue weighted by Gasteiger charge is 2.14. The summed E-state index contributed by atoms with van der Waals surface area (Å²) in [5.41, 5.74) is 8.23. The van der Waals surface area contributed by atoms with Crippen LogP contribution in [-0.2, 0) is 0 Å². The molecule has 0 atom stereocenters. The molecule has 0 N–H and O–H groups in total. The number of anilines is 1. The standard InChI is InChI=1S/C29H33N2/c1-6-23-11-13-24(14-12-23)29(25-15-19-27(20-16-25)30(7-2)8-3)26-17-21-28(22-18-26)31(9-4)10-5/h1,11-22H,7-10H2,2-5H3/q+1. The van der Waals surface area contributed by atoms with Gasteiger partial charge in [-0.05, 0) is 86.4 Å². The highest BCUT2D eigenvalue weighted by atomic mass is 15.1. The SMILES string of the molecule is C#Cc1ccc(C(=C2C=CC(=[N+](CC)CC)C=C2)c2ccc(N(CC)CC)cc2)cc1. The molecule has 0 aliphatic heterocycles. The maximum Gasteiger partial charge on any atom is 0.199 e. The second-order valence-electron chi connectivity index (χ2n) is 7.54. The van der Waals surface area contributed by atoms with Gasteiger partial charge in [-0.15, -0.1) is 6.42 Å². The van der Waals surface area contributed by atoms with Gasteiger partial charge < -0.3 is 4.90 Å². The fraction of sp³-hybridized carbons (Fsp3) is 0.276. The van der Waals surface area contributed by atoms with Crippen molar-refractivity contribution < 1.29 is 4.58 Å². The van der Waals surface area contributed by atoms with Gasteiger partial charge in [0.1, 0.15) is 13.1 Å². The van der Waals surface area contributed by atoms with Crippen molar-refractivity contribution in [2.45, 2.75) is 27.7 Å². The van der Waals surface area contributed by atoms with E-state index in [0.29, 0.717) is 0 Å². The Bertz CT molecular complexity index is 1030. The Labute approximate surface area is 187 Å². The second kappa shape index (κ2) is 10.6. The van der Waals surface area contributed by atoms with Gasteiger partial charge in [0.05, 0.1) is 0 Å². The van der Waals surface area contributed by atoms with Gasteiger partial charge in [-0.25, -0.2) is 4.58 Å². The van der Waals surface area contributed by atoms with Crippen LogP contribution in [0.5, 0.6) is 0 Å². The van der Waals surface area contributed by atoms with E-state index in [9.17, 15) is 0 Å². The molecule has 0 amide bonds. The Hall–Kier alpha value is -3.31. The lowest BCUT2D eigenvalue weighted by atomic mass is 9.90. The molecule has 2 heteroatoms. The molecule has 0 fully saturated rings. The zero-order valence-corrected chi connectivity index (χ0v) is 19.2. The number of terminal acetylenes is 1. The Kier molecular flexibility index (Phi) is 7.68. The Morgan fingerprint density at radius 3 is 1.74 bits per heavy atom. The monoisotopic (exact) mass is 409 g/mol. The summed E-state index contributed by atoms with van der Waals surface area (Å²) in [6.07, 6.45) is 14.5. The van der Waals surface area contributed by atoms with Gasteiger partial charge >= 0.3 is 0 Å². The topological polar surface area (TPSA) is 6.25 Å². The molecule has 31 heavy (non-hydrogen) atoms. The average Bonchev–Trinajstić information content (AvgIpc) is 2.83. The Balaban J connectivity index is 2.10. The summed E-state index contributed by atoms with van der Waals surface area (Å²) in [4.78, 5) is 2.37. The Morgan fingerprint density at radius 2 is 1.29 bits per heavy atom. The molecule has 0 unspecified atom stereocenters. The normalized spacial score (nSPS) is 12.6. The van der Waals surface area contributed by atoms with E-state index >= 15 is 0 Å². The van der Waals surface area contributed by atoms with Gasteiger partial charge in [0.25, 0.3) is 0 Å². The summed E-state index contributed by atoms with van der Waals surface area (Å²) in [6.45, 7) is 12.8. The second-order valence-corrected chi connectivity index (χ2v) is 7.54. The number of rotatable bonds is 7. The first-order chi connectivity index (χ1) is 15.1. The number of hydrogen-bond acceptors (Lipinski definition) is 1. The van der Waals surface area contributed by atoms with Crippen molar-refractivity contribution in [1.29, 1.82) is 0 Å². The molecule has 0 bridgehead atoms. The maximum atomic E-state index is 5.57. The van der Waals surface area contributed by atoms with Gasteiger partial charge in [0, 0.05) is 36.5 Å². The first-order valence-electron chi connectivity index (χ1n) is 11.3. The number of benzene rings is 2. The lowest BCUT2D eigenvalue weighted by Crippen LogP contribution is -2.21. The van der Waals surface area contributed by atoms with Crippen LogP contribution in [0, 0.1) is 12.3 Å². The van der Waals surface area contributed by atoms with Crippen molar-refractivity contribution >= 4 is 17.0 Å². The smallest absolute Gasteiger partial charge is 0.199 e. The molecule has 3 rings (SSSR count). The molecule has 0 radical (unpaired) electrons. The third-order valence-electron chi connectivity index (χ3n) is 5.91. The average molecular weight is 410 g/mol. The molecule has 0 spiro atoms. The number of nitrogens with zero attached hydrogens (tertiary/aromatic N) is 2.